The van der Waals surface area contributed by atoms with Gasteiger partial charge in [-0.15, -0.1) is 0 Å². The van der Waals surface area contributed by atoms with Gasteiger partial charge >= 0.3 is 0 Å². The van der Waals surface area contributed by atoms with E-state index in [-0.39, 0.29) is 0 Å². The summed E-state index contributed by atoms with van der Waals surface area (Å²) in [6.07, 6.45) is 4.91. The Morgan fingerprint density at radius 2 is 1.73 bits per heavy atom. The predicted octanol–water partition coefficient (Wildman–Crippen LogP) is 3.08. The molecule has 57 valence electrons. The highest BCUT2D eigenvalue weighted by Gasteiger charge is 2.18. The average Bonchev–Trinajstić information content (AvgIpc) is 1.90. The lowest BCUT2D eigenvalue weighted by Crippen LogP contribution is -2.08. The Balaban J connectivity index is 2.18. The number of aryl methyl sites for hydroxylation is 1. The molecule has 0 heterocycles. The molecule has 1 fully saturated rings. The van der Waals surface area contributed by atoms with Crippen molar-refractivity contribution in [3.05, 3.63) is 41.8 Å². The van der Waals surface area contributed by atoms with Gasteiger partial charge in [-0.2, -0.15) is 0 Å². The van der Waals surface area contributed by atoms with Crippen LogP contribution in [0.3, 0.4) is 0 Å². The van der Waals surface area contributed by atoms with Gasteiger partial charge in [0.1, 0.15) is 0 Å². The zero-order chi connectivity index (χ0) is 7.68. The highest BCUT2D eigenvalue weighted by atomic mass is 14.2. The molecular formula is C11H13. The highest BCUT2D eigenvalue weighted by Crippen LogP contribution is 2.35. The van der Waals surface area contributed by atoms with Crippen molar-refractivity contribution in [2.45, 2.75) is 25.7 Å². The molecule has 1 radical (unpaired) electrons. The number of hydrogen-bond acceptors (Lipinski definition) is 0. The summed E-state index contributed by atoms with van der Waals surface area (Å²) in [6.45, 7) is 2.14. The third kappa shape index (κ3) is 1.30. The van der Waals surface area contributed by atoms with Gasteiger partial charge in [-0.25, -0.2) is 0 Å². The van der Waals surface area contributed by atoms with E-state index in [9.17, 15) is 0 Å². The molecule has 1 saturated carbocycles. The smallest absolute Gasteiger partial charge is 0.0156 e. The molecule has 1 aromatic carbocycles. The fourth-order valence-electron chi connectivity index (χ4n) is 1.44. The monoisotopic (exact) mass is 145 g/mol. The summed E-state index contributed by atoms with van der Waals surface area (Å²) in [5.74, 6) is 0.829. The summed E-state index contributed by atoms with van der Waals surface area (Å²) < 4.78 is 0. The minimum absolute atomic E-state index is 0.829. The standard InChI is InChI=1S/C11H13/c1-9-5-7-11(8-6-9)10-3-2-4-10/h2,5-8,10H,3-4H2,1H3. The van der Waals surface area contributed by atoms with Crippen LogP contribution >= 0.6 is 0 Å². The molecule has 0 bridgehead atoms. The van der Waals surface area contributed by atoms with Gasteiger partial charge in [-0.1, -0.05) is 29.8 Å². The topological polar surface area (TPSA) is 0 Å². The van der Waals surface area contributed by atoms with Crippen molar-refractivity contribution in [3.8, 4) is 0 Å². The molecule has 0 saturated heterocycles. The first-order valence-corrected chi connectivity index (χ1v) is 4.24. The van der Waals surface area contributed by atoms with Crippen molar-refractivity contribution in [1.82, 2.24) is 0 Å². The van der Waals surface area contributed by atoms with E-state index in [1.54, 1.807) is 0 Å². The molecule has 0 nitrogen and oxygen atoms in total. The molecule has 0 aliphatic heterocycles. The molecule has 0 atom stereocenters. The van der Waals surface area contributed by atoms with Crippen LogP contribution in [-0.4, -0.2) is 0 Å². The summed E-state index contributed by atoms with van der Waals surface area (Å²) in [6, 6.07) is 8.92. The van der Waals surface area contributed by atoms with Crippen LogP contribution in [0.25, 0.3) is 0 Å². The number of hydrogen-bond donors (Lipinski definition) is 0. The van der Waals surface area contributed by atoms with Gasteiger partial charge in [0.2, 0.25) is 0 Å². The lowest BCUT2D eigenvalue weighted by Gasteiger charge is -2.25. The maximum absolute atomic E-state index is 2.35. The summed E-state index contributed by atoms with van der Waals surface area (Å²) in [4.78, 5) is 0. The van der Waals surface area contributed by atoms with E-state index >= 15 is 0 Å². The summed E-state index contributed by atoms with van der Waals surface area (Å²) in [5.41, 5.74) is 2.87. The van der Waals surface area contributed by atoms with Gasteiger partial charge in [-0.05, 0) is 37.7 Å². The summed E-state index contributed by atoms with van der Waals surface area (Å²) >= 11 is 0. The molecule has 0 heteroatoms. The molecule has 11 heavy (non-hydrogen) atoms. The maximum Gasteiger partial charge on any atom is -0.0156 e. The predicted molar refractivity (Wildman–Crippen MR) is 47.5 cm³/mol. The second-order valence-corrected chi connectivity index (χ2v) is 3.37. The third-order valence-corrected chi connectivity index (χ3v) is 2.45. The number of rotatable bonds is 1. The highest BCUT2D eigenvalue weighted by molar-refractivity contribution is 5.27. The molecule has 2 rings (SSSR count). The Bertz CT molecular complexity index is 229. The Kier molecular flexibility index (Phi) is 1.69. The van der Waals surface area contributed by atoms with E-state index < -0.39 is 0 Å². The number of benzene rings is 1. The molecule has 1 aliphatic rings. The fraction of sp³-hybridized carbons (Fsp3) is 0.364. The molecule has 0 unspecified atom stereocenters. The lowest BCUT2D eigenvalue weighted by atomic mass is 9.80. The van der Waals surface area contributed by atoms with E-state index in [2.05, 4.69) is 37.6 Å². The first-order valence-electron chi connectivity index (χ1n) is 4.24. The first kappa shape index (κ1) is 6.90. The molecule has 0 spiro atoms. The fourth-order valence-corrected chi connectivity index (χ4v) is 1.44. The first-order chi connectivity index (χ1) is 5.36. The minimum atomic E-state index is 0.829. The lowest BCUT2D eigenvalue weighted by molar-refractivity contribution is 0.540. The van der Waals surface area contributed by atoms with Crippen LogP contribution in [0.4, 0.5) is 0 Å². The second-order valence-electron chi connectivity index (χ2n) is 3.37. The van der Waals surface area contributed by atoms with Crippen LogP contribution in [0.5, 0.6) is 0 Å². The SMILES string of the molecule is Cc1ccc(C2C[CH]C2)cc1. The van der Waals surface area contributed by atoms with Crippen LogP contribution in [-0.2, 0) is 0 Å². The largest absolute Gasteiger partial charge is 0.0590 e. The Morgan fingerprint density at radius 1 is 1.09 bits per heavy atom. The van der Waals surface area contributed by atoms with Crippen LogP contribution < -0.4 is 0 Å². The van der Waals surface area contributed by atoms with Crippen molar-refractivity contribution < 1.29 is 0 Å². The zero-order valence-corrected chi connectivity index (χ0v) is 6.88. The van der Waals surface area contributed by atoms with Gasteiger partial charge in [-0.3, -0.25) is 0 Å². The van der Waals surface area contributed by atoms with Crippen molar-refractivity contribution in [2.24, 2.45) is 0 Å². The van der Waals surface area contributed by atoms with E-state index in [0.29, 0.717) is 0 Å². The van der Waals surface area contributed by atoms with Crippen LogP contribution in [0.2, 0.25) is 0 Å². The Labute approximate surface area is 68.3 Å². The van der Waals surface area contributed by atoms with E-state index in [0.717, 1.165) is 5.92 Å². The molecule has 0 N–H and O–H groups in total. The third-order valence-electron chi connectivity index (χ3n) is 2.45. The van der Waals surface area contributed by atoms with Gasteiger partial charge in [0, 0.05) is 0 Å². The van der Waals surface area contributed by atoms with Gasteiger partial charge in [0.15, 0.2) is 0 Å². The molecule has 1 aromatic rings. The average molecular weight is 145 g/mol. The van der Waals surface area contributed by atoms with Crippen molar-refractivity contribution in [3.63, 3.8) is 0 Å². The zero-order valence-electron chi connectivity index (χ0n) is 6.88. The molecule has 0 amide bonds. The molecule has 0 aromatic heterocycles. The Morgan fingerprint density at radius 3 is 2.18 bits per heavy atom. The van der Waals surface area contributed by atoms with Gasteiger partial charge < -0.3 is 0 Å². The summed E-state index contributed by atoms with van der Waals surface area (Å²) in [7, 11) is 0. The minimum Gasteiger partial charge on any atom is -0.0590 e. The van der Waals surface area contributed by atoms with Gasteiger partial charge in [0.25, 0.3) is 0 Å². The quantitative estimate of drug-likeness (QED) is 0.569. The maximum atomic E-state index is 2.35. The van der Waals surface area contributed by atoms with Crippen molar-refractivity contribution in [2.75, 3.05) is 0 Å². The van der Waals surface area contributed by atoms with Crippen molar-refractivity contribution in [1.29, 1.82) is 0 Å². The van der Waals surface area contributed by atoms with Crippen LogP contribution in [0.15, 0.2) is 24.3 Å². The molecule has 1 aliphatic carbocycles. The van der Waals surface area contributed by atoms with E-state index in [1.165, 1.54) is 24.0 Å². The van der Waals surface area contributed by atoms with Crippen molar-refractivity contribution >= 4 is 0 Å². The molecular weight excluding hydrogens is 132 g/mol. The van der Waals surface area contributed by atoms with Crippen LogP contribution in [0, 0.1) is 13.3 Å². The van der Waals surface area contributed by atoms with Gasteiger partial charge in [0.05, 0.1) is 0 Å². The van der Waals surface area contributed by atoms with E-state index in [1.807, 2.05) is 0 Å². The normalized spacial score (nSPS) is 17.9. The van der Waals surface area contributed by atoms with E-state index in [4.69, 9.17) is 0 Å². The second kappa shape index (κ2) is 2.69. The summed E-state index contributed by atoms with van der Waals surface area (Å²) in [5, 5.41) is 0. The van der Waals surface area contributed by atoms with Crippen LogP contribution in [0.1, 0.15) is 29.9 Å². The Hall–Kier alpha value is -0.780.